The molecule has 0 heterocycles. The molecule has 9 heteroatoms. The molecule has 0 spiro atoms. The van der Waals surface area contributed by atoms with E-state index in [9.17, 15) is 30.7 Å². The van der Waals surface area contributed by atoms with E-state index >= 15 is 0 Å². The molecule has 1 aromatic carbocycles. The van der Waals surface area contributed by atoms with Crippen molar-refractivity contribution < 1.29 is 35.5 Å². The number of halogens is 8. The second-order valence-corrected chi connectivity index (χ2v) is 3.87. The second-order valence-electron chi connectivity index (χ2n) is 3.43. The zero-order chi connectivity index (χ0) is 15.6. The molecular weight excluding hydrogens is 317 g/mol. The van der Waals surface area contributed by atoms with Crippen LogP contribution in [0.4, 0.5) is 30.7 Å². The van der Waals surface area contributed by atoms with E-state index in [1.807, 2.05) is 0 Å². The topological polar surface area (TPSA) is 9.23 Å². The van der Waals surface area contributed by atoms with Crippen molar-refractivity contribution in [3.8, 4) is 17.8 Å². The predicted molar refractivity (Wildman–Crippen MR) is 55.8 cm³/mol. The lowest BCUT2D eigenvalue weighted by molar-refractivity contribution is -0.339. The molecule has 20 heavy (non-hydrogen) atoms. The molecule has 0 amide bonds. The highest BCUT2D eigenvalue weighted by atomic mass is 35.5. The van der Waals surface area contributed by atoms with Gasteiger partial charge in [0.2, 0.25) is 0 Å². The SMILES string of the molecule is FC(F)(F)C(F)(F)C(F)(F)C#COc1ccc(Cl)cc1. The monoisotopic (exact) mass is 320 g/mol. The quantitative estimate of drug-likeness (QED) is 0.575. The van der Waals surface area contributed by atoms with Crippen LogP contribution < -0.4 is 4.74 Å². The van der Waals surface area contributed by atoms with Crippen LogP contribution in [0, 0.1) is 12.0 Å². The van der Waals surface area contributed by atoms with Crippen LogP contribution in [0.15, 0.2) is 24.3 Å². The molecule has 110 valence electrons. The third-order valence-corrected chi connectivity index (χ3v) is 2.19. The van der Waals surface area contributed by atoms with Crippen molar-refractivity contribution in [2.75, 3.05) is 0 Å². The Kier molecular flexibility index (Phi) is 4.44. The Hall–Kier alpha value is -1.62. The van der Waals surface area contributed by atoms with Gasteiger partial charge in [-0.15, -0.1) is 0 Å². The molecule has 1 nitrogen and oxygen atoms in total. The molecule has 0 aliphatic carbocycles. The van der Waals surface area contributed by atoms with Gasteiger partial charge < -0.3 is 4.74 Å². The van der Waals surface area contributed by atoms with Crippen molar-refractivity contribution in [1.29, 1.82) is 0 Å². The van der Waals surface area contributed by atoms with Crippen molar-refractivity contribution in [2.24, 2.45) is 0 Å². The first-order valence-electron chi connectivity index (χ1n) is 4.74. The van der Waals surface area contributed by atoms with Gasteiger partial charge in [0.05, 0.1) is 0 Å². The predicted octanol–water partition coefficient (Wildman–Crippen LogP) is 4.51. The maximum atomic E-state index is 12.7. The van der Waals surface area contributed by atoms with Crippen LogP contribution in [0.25, 0.3) is 0 Å². The van der Waals surface area contributed by atoms with Crippen molar-refractivity contribution in [2.45, 2.75) is 18.0 Å². The summed E-state index contributed by atoms with van der Waals surface area (Å²) in [6, 6.07) is 4.89. The van der Waals surface area contributed by atoms with Gasteiger partial charge in [-0.2, -0.15) is 30.7 Å². The molecule has 0 bridgehead atoms. The maximum Gasteiger partial charge on any atom is 0.461 e. The molecule has 0 N–H and O–H groups in total. The third-order valence-electron chi connectivity index (χ3n) is 1.94. The summed E-state index contributed by atoms with van der Waals surface area (Å²) in [6.45, 7) is 0. The number of rotatable bonds is 2. The third kappa shape index (κ3) is 3.48. The van der Waals surface area contributed by atoms with Gasteiger partial charge in [0.15, 0.2) is 0 Å². The summed E-state index contributed by atoms with van der Waals surface area (Å²) in [5, 5.41) is 0.277. The first-order chi connectivity index (χ1) is 8.97. The normalized spacial score (nSPS) is 12.6. The van der Waals surface area contributed by atoms with E-state index in [2.05, 4.69) is 4.74 Å². The van der Waals surface area contributed by atoms with Gasteiger partial charge in [-0.3, -0.25) is 0 Å². The first-order valence-corrected chi connectivity index (χ1v) is 5.12. The Balaban J connectivity index is 2.87. The van der Waals surface area contributed by atoms with Crippen LogP contribution in [-0.4, -0.2) is 18.0 Å². The Morgan fingerprint density at radius 3 is 1.85 bits per heavy atom. The molecule has 0 unspecified atom stereocenters. The van der Waals surface area contributed by atoms with Crippen LogP contribution in [0.5, 0.6) is 5.75 Å². The minimum atomic E-state index is -6.43. The molecule has 0 aliphatic heterocycles. The lowest BCUT2D eigenvalue weighted by atomic mass is 10.2. The summed E-state index contributed by atoms with van der Waals surface area (Å²) in [5.74, 6) is -11.6. The number of alkyl halides is 7. The Bertz CT molecular complexity index is 524. The van der Waals surface area contributed by atoms with Crippen molar-refractivity contribution in [3.63, 3.8) is 0 Å². The molecule has 0 aromatic heterocycles. The summed E-state index contributed by atoms with van der Waals surface area (Å²) >= 11 is 5.49. The zero-order valence-corrected chi connectivity index (χ0v) is 10.00. The standard InChI is InChI=1S/C11H4ClF7O/c12-7-1-3-8(4-2-7)20-6-5-9(13,14)10(15,16)11(17,18)19/h1-4H. The Labute approximate surface area is 113 Å². The van der Waals surface area contributed by atoms with E-state index in [4.69, 9.17) is 11.6 Å². The summed E-state index contributed by atoms with van der Waals surface area (Å²) < 4.78 is 89.9. The molecule has 0 saturated carbocycles. The average Bonchev–Trinajstić information content (AvgIpc) is 2.30. The zero-order valence-electron chi connectivity index (χ0n) is 9.24. The van der Waals surface area contributed by atoms with Crippen LogP contribution in [0.1, 0.15) is 0 Å². The van der Waals surface area contributed by atoms with Crippen molar-refractivity contribution in [3.05, 3.63) is 29.3 Å². The van der Waals surface area contributed by atoms with Gasteiger partial charge in [0, 0.05) is 10.9 Å². The highest BCUT2D eigenvalue weighted by Crippen LogP contribution is 2.46. The number of ether oxygens (including phenoxy) is 1. The van der Waals surface area contributed by atoms with E-state index in [1.165, 1.54) is 12.1 Å². The van der Waals surface area contributed by atoms with Gasteiger partial charge in [-0.1, -0.05) is 11.6 Å². The largest absolute Gasteiger partial charge is 0.461 e. The van der Waals surface area contributed by atoms with E-state index in [0.29, 0.717) is 5.92 Å². The van der Waals surface area contributed by atoms with Gasteiger partial charge in [0.1, 0.15) is 11.9 Å². The molecule has 1 rings (SSSR count). The first kappa shape index (κ1) is 16.4. The summed E-state index contributed by atoms with van der Waals surface area (Å²) in [4.78, 5) is 0. The minimum absolute atomic E-state index is 0.145. The molecule has 1 aromatic rings. The fourth-order valence-electron chi connectivity index (χ4n) is 0.908. The fraction of sp³-hybridized carbons (Fsp3) is 0.273. The maximum absolute atomic E-state index is 12.7. The molecular formula is C11H4ClF7O. The second kappa shape index (κ2) is 5.40. The molecule has 0 fully saturated rings. The lowest BCUT2D eigenvalue weighted by Gasteiger charge is -2.23. The molecule has 0 radical (unpaired) electrons. The van der Waals surface area contributed by atoms with E-state index in [0.717, 1.165) is 18.2 Å². The smallest absolute Gasteiger partial charge is 0.407 e. The van der Waals surface area contributed by atoms with Gasteiger partial charge in [-0.25, -0.2) is 0 Å². The van der Waals surface area contributed by atoms with Crippen molar-refractivity contribution in [1.82, 2.24) is 0 Å². The van der Waals surface area contributed by atoms with Crippen LogP contribution >= 0.6 is 11.6 Å². The molecule has 0 aliphatic rings. The van der Waals surface area contributed by atoms with Crippen molar-refractivity contribution >= 4 is 11.6 Å². The van der Waals surface area contributed by atoms with Crippen LogP contribution in [0.3, 0.4) is 0 Å². The Morgan fingerprint density at radius 1 is 0.900 bits per heavy atom. The van der Waals surface area contributed by atoms with E-state index in [-0.39, 0.29) is 10.8 Å². The number of benzene rings is 1. The number of hydrogen-bond donors (Lipinski definition) is 0. The number of hydrogen-bond acceptors (Lipinski definition) is 1. The average molecular weight is 321 g/mol. The summed E-state index contributed by atoms with van der Waals surface area (Å²) in [5.41, 5.74) is 0. The highest BCUT2D eigenvalue weighted by Gasteiger charge is 2.72. The van der Waals surface area contributed by atoms with Gasteiger partial charge >= 0.3 is 18.0 Å². The van der Waals surface area contributed by atoms with Gasteiger partial charge in [0.25, 0.3) is 0 Å². The van der Waals surface area contributed by atoms with Gasteiger partial charge in [-0.05, 0) is 24.3 Å². The van der Waals surface area contributed by atoms with Crippen LogP contribution in [-0.2, 0) is 0 Å². The lowest BCUT2D eigenvalue weighted by Crippen LogP contribution is -2.51. The van der Waals surface area contributed by atoms with Crippen LogP contribution in [0.2, 0.25) is 5.02 Å². The molecule has 0 saturated heterocycles. The summed E-state index contributed by atoms with van der Waals surface area (Å²) in [6.07, 6.45) is -5.31. The summed E-state index contributed by atoms with van der Waals surface area (Å²) in [7, 11) is 0. The van der Waals surface area contributed by atoms with E-state index in [1.54, 1.807) is 0 Å². The Morgan fingerprint density at radius 2 is 1.40 bits per heavy atom. The fourth-order valence-corrected chi connectivity index (χ4v) is 1.03. The molecule has 0 atom stereocenters. The van der Waals surface area contributed by atoms with E-state index < -0.39 is 18.0 Å². The minimum Gasteiger partial charge on any atom is -0.407 e. The highest BCUT2D eigenvalue weighted by molar-refractivity contribution is 6.30.